The largest absolute Gasteiger partial charge is 0.504 e. The van der Waals surface area contributed by atoms with Crippen molar-refractivity contribution in [2.75, 3.05) is 44.4 Å². The van der Waals surface area contributed by atoms with E-state index in [1.807, 2.05) is 0 Å². The Morgan fingerprint density at radius 2 is 1.76 bits per heavy atom. The van der Waals surface area contributed by atoms with Crippen LogP contribution in [0.4, 0.5) is 5.69 Å². The van der Waals surface area contributed by atoms with Crippen LogP contribution in [0.15, 0.2) is 59.7 Å². The Balaban J connectivity index is 1.69. The van der Waals surface area contributed by atoms with Crippen LogP contribution in [-0.2, 0) is 11.3 Å². The van der Waals surface area contributed by atoms with Crippen LogP contribution >= 0.6 is 11.8 Å². The fraction of sp³-hybridized carbons (Fsp3) is 0.333. The number of hydrogen-bond acceptors (Lipinski definition) is 4. The van der Waals surface area contributed by atoms with E-state index in [1.165, 1.54) is 21.7 Å². The molecule has 0 saturated carbocycles. The van der Waals surface area contributed by atoms with Gasteiger partial charge in [0, 0.05) is 48.9 Å². The first-order valence-electron chi connectivity index (χ1n) is 8.69. The molecule has 1 saturated heterocycles. The molecule has 0 radical (unpaired) electrons. The lowest BCUT2D eigenvalue weighted by Crippen LogP contribution is -2.46. The Bertz CT molecular complexity index is 694. The average molecular weight is 355 g/mol. The lowest BCUT2D eigenvalue weighted by Gasteiger charge is -2.37. The Kier molecular flexibility index (Phi) is 6.42. The smallest absolute Gasteiger partial charge is 0.0831 e. The van der Waals surface area contributed by atoms with Gasteiger partial charge in [0.1, 0.15) is 0 Å². The van der Waals surface area contributed by atoms with Crippen LogP contribution in [0.25, 0.3) is 6.08 Å². The molecule has 1 fully saturated rings. The summed E-state index contributed by atoms with van der Waals surface area (Å²) in [6.45, 7) is 5.32. The SMILES string of the molecule is COC=Cc1c(SC)cccc1N1CCN(Cc2ccccc2)CC1. The van der Waals surface area contributed by atoms with E-state index in [-0.39, 0.29) is 0 Å². The summed E-state index contributed by atoms with van der Waals surface area (Å²) in [5, 5.41) is 0. The highest BCUT2D eigenvalue weighted by molar-refractivity contribution is 7.98. The third-order valence-electron chi connectivity index (χ3n) is 4.60. The normalized spacial score (nSPS) is 15.7. The van der Waals surface area contributed by atoms with Gasteiger partial charge in [-0.15, -0.1) is 11.8 Å². The van der Waals surface area contributed by atoms with Crippen LogP contribution in [-0.4, -0.2) is 44.4 Å². The molecule has 1 aliphatic rings. The minimum absolute atomic E-state index is 1.04. The summed E-state index contributed by atoms with van der Waals surface area (Å²) in [4.78, 5) is 6.32. The second-order valence-corrected chi connectivity index (χ2v) is 7.03. The van der Waals surface area contributed by atoms with E-state index in [0.29, 0.717) is 0 Å². The summed E-state index contributed by atoms with van der Waals surface area (Å²) >= 11 is 1.78. The number of thioether (sulfide) groups is 1. The monoisotopic (exact) mass is 354 g/mol. The lowest BCUT2D eigenvalue weighted by atomic mass is 10.1. The van der Waals surface area contributed by atoms with Gasteiger partial charge in [-0.2, -0.15) is 0 Å². The van der Waals surface area contributed by atoms with Gasteiger partial charge < -0.3 is 9.64 Å². The van der Waals surface area contributed by atoms with Crippen molar-refractivity contribution in [3.8, 4) is 0 Å². The maximum absolute atomic E-state index is 5.15. The van der Waals surface area contributed by atoms with Gasteiger partial charge in [0.15, 0.2) is 0 Å². The van der Waals surface area contributed by atoms with Crippen molar-refractivity contribution < 1.29 is 4.74 Å². The molecule has 2 aromatic rings. The number of anilines is 1. The molecule has 0 unspecified atom stereocenters. The first-order valence-corrected chi connectivity index (χ1v) is 9.92. The number of piperazine rings is 1. The highest BCUT2D eigenvalue weighted by atomic mass is 32.2. The number of rotatable bonds is 6. The van der Waals surface area contributed by atoms with Gasteiger partial charge in [0.25, 0.3) is 0 Å². The molecule has 4 heteroatoms. The molecule has 3 rings (SSSR count). The molecule has 3 nitrogen and oxygen atoms in total. The van der Waals surface area contributed by atoms with Crippen molar-refractivity contribution in [2.24, 2.45) is 0 Å². The summed E-state index contributed by atoms with van der Waals surface area (Å²) < 4.78 is 5.15. The highest BCUT2D eigenvalue weighted by Crippen LogP contribution is 2.31. The van der Waals surface area contributed by atoms with E-state index >= 15 is 0 Å². The van der Waals surface area contributed by atoms with Crippen molar-refractivity contribution in [2.45, 2.75) is 11.4 Å². The van der Waals surface area contributed by atoms with Gasteiger partial charge in [-0.05, 0) is 30.0 Å². The van der Waals surface area contributed by atoms with Gasteiger partial charge in [0.05, 0.1) is 13.4 Å². The summed E-state index contributed by atoms with van der Waals surface area (Å²) in [6, 6.07) is 17.3. The van der Waals surface area contributed by atoms with Gasteiger partial charge in [0.2, 0.25) is 0 Å². The second-order valence-electron chi connectivity index (χ2n) is 6.18. The summed E-state index contributed by atoms with van der Waals surface area (Å²) in [5.41, 5.74) is 3.96. The quantitative estimate of drug-likeness (QED) is 0.566. The molecular weight excluding hydrogens is 328 g/mol. The van der Waals surface area contributed by atoms with E-state index in [0.717, 1.165) is 32.7 Å². The molecule has 0 aliphatic carbocycles. The molecule has 0 amide bonds. The van der Waals surface area contributed by atoms with Crippen LogP contribution in [0.1, 0.15) is 11.1 Å². The Morgan fingerprint density at radius 3 is 2.44 bits per heavy atom. The predicted octanol–water partition coefficient (Wildman–Crippen LogP) is 4.35. The molecule has 25 heavy (non-hydrogen) atoms. The third kappa shape index (κ3) is 4.59. The molecule has 1 heterocycles. The fourth-order valence-corrected chi connectivity index (χ4v) is 3.89. The molecule has 0 aromatic heterocycles. The molecular formula is C21H26N2OS. The zero-order chi connectivity index (χ0) is 17.5. The standard InChI is InChI=1S/C21H26N2OS/c1-24-16-11-19-20(9-6-10-21(19)25-2)23-14-12-22(13-15-23)17-18-7-4-3-5-8-18/h3-11,16H,12-15,17H2,1-2H3. The van der Waals surface area contributed by atoms with Crippen LogP contribution in [0.2, 0.25) is 0 Å². The molecule has 0 N–H and O–H groups in total. The maximum atomic E-state index is 5.15. The number of hydrogen-bond donors (Lipinski definition) is 0. The van der Waals surface area contributed by atoms with Crippen molar-refractivity contribution in [3.63, 3.8) is 0 Å². The second kappa shape index (κ2) is 8.97. The van der Waals surface area contributed by atoms with Crippen molar-refractivity contribution in [1.29, 1.82) is 0 Å². The van der Waals surface area contributed by atoms with Crippen LogP contribution in [0.3, 0.4) is 0 Å². The van der Waals surface area contributed by atoms with Crippen molar-refractivity contribution in [3.05, 3.63) is 65.9 Å². The van der Waals surface area contributed by atoms with Gasteiger partial charge in [-0.1, -0.05) is 36.4 Å². The minimum atomic E-state index is 1.04. The van der Waals surface area contributed by atoms with Crippen LogP contribution < -0.4 is 4.90 Å². The first kappa shape index (κ1) is 17.9. The third-order valence-corrected chi connectivity index (χ3v) is 5.39. The minimum Gasteiger partial charge on any atom is -0.504 e. The van der Waals surface area contributed by atoms with Crippen LogP contribution in [0.5, 0.6) is 0 Å². The van der Waals surface area contributed by atoms with E-state index in [2.05, 4.69) is 70.7 Å². The fourth-order valence-electron chi connectivity index (χ4n) is 3.28. The molecule has 0 bridgehead atoms. The molecule has 0 spiro atoms. The Labute approximate surface area is 155 Å². The average Bonchev–Trinajstić information content (AvgIpc) is 2.67. The zero-order valence-electron chi connectivity index (χ0n) is 15.0. The molecule has 1 aliphatic heterocycles. The van der Waals surface area contributed by atoms with E-state index in [1.54, 1.807) is 25.1 Å². The molecule has 132 valence electrons. The number of nitrogens with zero attached hydrogens (tertiary/aromatic N) is 2. The number of methoxy groups -OCH3 is 1. The molecule has 0 atom stereocenters. The van der Waals surface area contributed by atoms with E-state index in [9.17, 15) is 0 Å². The van der Waals surface area contributed by atoms with Gasteiger partial charge in [-0.3, -0.25) is 4.90 Å². The van der Waals surface area contributed by atoms with Crippen molar-refractivity contribution >= 4 is 23.5 Å². The Hall–Kier alpha value is -1.91. The van der Waals surface area contributed by atoms with Gasteiger partial charge in [-0.25, -0.2) is 0 Å². The summed E-state index contributed by atoms with van der Waals surface area (Å²) in [7, 11) is 1.69. The van der Waals surface area contributed by atoms with Gasteiger partial charge >= 0.3 is 0 Å². The predicted molar refractivity (Wildman–Crippen MR) is 108 cm³/mol. The number of benzene rings is 2. The Morgan fingerprint density at radius 1 is 1.00 bits per heavy atom. The lowest BCUT2D eigenvalue weighted by molar-refractivity contribution is 0.250. The summed E-state index contributed by atoms with van der Waals surface area (Å²) in [6.07, 6.45) is 5.97. The number of ether oxygens (including phenoxy) is 1. The summed E-state index contributed by atoms with van der Waals surface area (Å²) in [5.74, 6) is 0. The first-order chi connectivity index (χ1) is 12.3. The molecule has 2 aromatic carbocycles. The van der Waals surface area contributed by atoms with E-state index < -0.39 is 0 Å². The van der Waals surface area contributed by atoms with E-state index in [4.69, 9.17) is 4.74 Å². The topological polar surface area (TPSA) is 15.7 Å². The van der Waals surface area contributed by atoms with Crippen molar-refractivity contribution in [1.82, 2.24) is 4.90 Å². The maximum Gasteiger partial charge on any atom is 0.0831 e. The highest BCUT2D eigenvalue weighted by Gasteiger charge is 2.19. The van der Waals surface area contributed by atoms with Crippen LogP contribution in [0, 0.1) is 0 Å². The zero-order valence-corrected chi connectivity index (χ0v) is 15.8.